The number of aryl methyl sites for hydroxylation is 2. The molecule has 180 valence electrons. The number of carbonyl (C=O) groups excluding carboxylic acids is 2. The van der Waals surface area contributed by atoms with Crippen LogP contribution in [0.15, 0.2) is 66.7 Å². The molecule has 0 fully saturated rings. The monoisotopic (exact) mass is 478 g/mol. The molecule has 0 N–H and O–H groups in total. The van der Waals surface area contributed by atoms with Gasteiger partial charge in [-0.3, -0.25) is 0 Å². The molecular formula is C29H35O4P. The minimum atomic E-state index is -0.427. The van der Waals surface area contributed by atoms with E-state index in [4.69, 9.17) is 4.74 Å². The fourth-order valence-electron chi connectivity index (χ4n) is 3.22. The second-order valence-electron chi connectivity index (χ2n) is 8.47. The van der Waals surface area contributed by atoms with Crippen LogP contribution in [-0.4, -0.2) is 19.0 Å². The van der Waals surface area contributed by atoms with Gasteiger partial charge in [-0.25, -0.2) is 9.59 Å². The zero-order valence-electron chi connectivity index (χ0n) is 20.8. The van der Waals surface area contributed by atoms with E-state index >= 15 is 0 Å². The summed E-state index contributed by atoms with van der Waals surface area (Å²) in [6, 6.07) is 20.9. The van der Waals surface area contributed by atoms with Crippen molar-refractivity contribution in [2.24, 2.45) is 5.92 Å². The first-order chi connectivity index (χ1) is 16.3. The van der Waals surface area contributed by atoms with E-state index in [0.717, 1.165) is 17.6 Å². The predicted octanol–water partition coefficient (Wildman–Crippen LogP) is 6.96. The Balaban J connectivity index is 0.000000287. The topological polar surface area (TPSA) is 52.6 Å². The molecule has 2 unspecified atom stereocenters. The molecule has 0 bridgehead atoms. The maximum Gasteiger partial charge on any atom is 0.343 e. The van der Waals surface area contributed by atoms with E-state index in [9.17, 15) is 9.59 Å². The van der Waals surface area contributed by atoms with E-state index in [0.29, 0.717) is 22.4 Å². The molecule has 0 aliphatic heterocycles. The van der Waals surface area contributed by atoms with Crippen LogP contribution in [0.1, 0.15) is 63.2 Å². The lowest BCUT2D eigenvalue weighted by Crippen LogP contribution is -2.10. The van der Waals surface area contributed by atoms with Crippen molar-refractivity contribution in [1.29, 1.82) is 0 Å². The van der Waals surface area contributed by atoms with E-state index in [1.807, 2.05) is 12.1 Å². The van der Waals surface area contributed by atoms with Gasteiger partial charge in [0.25, 0.3) is 0 Å². The van der Waals surface area contributed by atoms with Crippen LogP contribution in [0.3, 0.4) is 0 Å². The predicted molar refractivity (Wildman–Crippen MR) is 142 cm³/mol. The zero-order valence-corrected chi connectivity index (χ0v) is 21.9. The number of rotatable bonds is 7. The molecule has 0 aliphatic rings. The van der Waals surface area contributed by atoms with Gasteiger partial charge in [0.2, 0.25) is 0 Å². The fourth-order valence-corrected chi connectivity index (χ4v) is 3.49. The van der Waals surface area contributed by atoms with Crippen LogP contribution in [0.4, 0.5) is 0 Å². The maximum atomic E-state index is 12.1. The van der Waals surface area contributed by atoms with Gasteiger partial charge in [-0.15, -0.1) is 9.24 Å². The van der Waals surface area contributed by atoms with Gasteiger partial charge in [0.15, 0.2) is 0 Å². The molecule has 0 aliphatic carbocycles. The van der Waals surface area contributed by atoms with Gasteiger partial charge in [0.05, 0.1) is 18.2 Å². The molecule has 0 saturated carbocycles. The molecule has 34 heavy (non-hydrogen) atoms. The first-order valence-electron chi connectivity index (χ1n) is 11.5. The van der Waals surface area contributed by atoms with Gasteiger partial charge in [0, 0.05) is 0 Å². The maximum absolute atomic E-state index is 12.1. The Hall–Kier alpha value is -2.97. The van der Waals surface area contributed by atoms with Crippen molar-refractivity contribution >= 4 is 21.2 Å². The molecule has 0 radical (unpaired) electrons. The molecule has 2 atom stereocenters. The lowest BCUT2D eigenvalue weighted by atomic mass is 9.98. The molecule has 5 heteroatoms. The summed E-state index contributed by atoms with van der Waals surface area (Å²) in [5.41, 5.74) is 5.54. The van der Waals surface area contributed by atoms with Crippen molar-refractivity contribution in [3.8, 4) is 5.75 Å². The smallest absolute Gasteiger partial charge is 0.343 e. The van der Waals surface area contributed by atoms with Gasteiger partial charge < -0.3 is 9.47 Å². The highest BCUT2D eigenvalue weighted by molar-refractivity contribution is 7.15. The van der Waals surface area contributed by atoms with E-state index < -0.39 is 11.9 Å². The Morgan fingerprint density at radius 1 is 0.853 bits per heavy atom. The number of methoxy groups -OCH3 is 1. The first kappa shape index (κ1) is 27.3. The molecule has 3 rings (SSSR count). The van der Waals surface area contributed by atoms with Gasteiger partial charge in [-0.05, 0) is 79.4 Å². The van der Waals surface area contributed by atoms with Crippen molar-refractivity contribution in [3.05, 3.63) is 100 Å². The standard InChI is InChI=1S/C17H17O4P.C12H18/c1-11-9-14(16(18)20-2)7-8-15(11)21-17(19)13-5-3-12(10-22)4-6-13;1-4-10(2)9-12-7-5-11(3)6-8-12/h3-9H,10,22H2,1-2H3;5-8,10H,4,9H2,1-3H3. The molecule has 0 spiro atoms. The van der Waals surface area contributed by atoms with Crippen LogP contribution >= 0.6 is 9.24 Å². The average molecular weight is 479 g/mol. The van der Waals surface area contributed by atoms with E-state index in [1.165, 1.54) is 31.1 Å². The zero-order chi connectivity index (χ0) is 25.1. The molecular weight excluding hydrogens is 443 g/mol. The van der Waals surface area contributed by atoms with Gasteiger partial charge in [0.1, 0.15) is 5.75 Å². The largest absolute Gasteiger partial charge is 0.465 e. The highest BCUT2D eigenvalue weighted by Gasteiger charge is 2.13. The molecule has 3 aromatic rings. The van der Waals surface area contributed by atoms with Crippen LogP contribution in [0.2, 0.25) is 0 Å². The van der Waals surface area contributed by atoms with Crippen molar-refractivity contribution in [1.82, 2.24) is 0 Å². The lowest BCUT2D eigenvalue weighted by Gasteiger charge is -2.09. The van der Waals surface area contributed by atoms with E-state index in [-0.39, 0.29) is 0 Å². The number of benzene rings is 3. The van der Waals surface area contributed by atoms with E-state index in [1.54, 1.807) is 37.3 Å². The van der Waals surface area contributed by atoms with Crippen molar-refractivity contribution < 1.29 is 19.1 Å². The summed E-state index contributed by atoms with van der Waals surface area (Å²) in [6.45, 7) is 8.46. The average Bonchev–Trinajstić information content (AvgIpc) is 2.86. The van der Waals surface area contributed by atoms with Crippen molar-refractivity contribution in [3.63, 3.8) is 0 Å². The summed E-state index contributed by atoms with van der Waals surface area (Å²) < 4.78 is 10.0. The minimum absolute atomic E-state index is 0.421. The number of hydrogen-bond acceptors (Lipinski definition) is 4. The number of carbonyl (C=O) groups is 2. The number of esters is 2. The molecule has 0 heterocycles. The Kier molecular flexibility index (Phi) is 11.0. The first-order valence-corrected chi connectivity index (χ1v) is 12.3. The Labute approximate surface area is 205 Å². The Morgan fingerprint density at radius 2 is 1.44 bits per heavy atom. The van der Waals surface area contributed by atoms with Crippen LogP contribution in [0.25, 0.3) is 0 Å². The summed E-state index contributed by atoms with van der Waals surface area (Å²) in [7, 11) is 3.96. The van der Waals surface area contributed by atoms with Crippen LogP contribution in [0, 0.1) is 19.8 Å². The third kappa shape index (κ3) is 8.43. The number of hydrogen-bond donors (Lipinski definition) is 0. The summed E-state index contributed by atoms with van der Waals surface area (Å²) in [5, 5.41) is 0. The molecule has 3 aromatic carbocycles. The summed E-state index contributed by atoms with van der Waals surface area (Å²) in [6.07, 6.45) is 3.33. The van der Waals surface area contributed by atoms with Gasteiger partial charge >= 0.3 is 11.9 Å². The SMILES string of the molecule is CCC(C)Cc1ccc(C)cc1.COC(=O)c1ccc(OC(=O)c2ccc(CP)cc2)c(C)c1. The van der Waals surface area contributed by atoms with Crippen LogP contribution in [0.5, 0.6) is 5.75 Å². The quantitative estimate of drug-likeness (QED) is 0.209. The van der Waals surface area contributed by atoms with E-state index in [2.05, 4.69) is 59.0 Å². The highest BCUT2D eigenvalue weighted by atomic mass is 31.0. The third-order valence-corrected chi connectivity index (χ3v) is 6.10. The third-order valence-electron chi connectivity index (χ3n) is 5.63. The fraction of sp³-hybridized carbons (Fsp3) is 0.310. The summed E-state index contributed by atoms with van der Waals surface area (Å²) in [4.78, 5) is 23.6. The second-order valence-corrected chi connectivity index (χ2v) is 8.87. The number of ether oxygens (including phenoxy) is 2. The second kappa shape index (κ2) is 13.7. The van der Waals surface area contributed by atoms with Crippen LogP contribution in [-0.2, 0) is 17.3 Å². The minimum Gasteiger partial charge on any atom is -0.465 e. The Bertz CT molecular complexity index is 1070. The lowest BCUT2D eigenvalue weighted by molar-refractivity contribution is 0.0600. The summed E-state index contributed by atoms with van der Waals surface area (Å²) in [5.74, 6) is 0.388. The van der Waals surface area contributed by atoms with Crippen molar-refractivity contribution in [2.45, 2.75) is 46.7 Å². The molecule has 0 amide bonds. The van der Waals surface area contributed by atoms with Gasteiger partial charge in [-0.1, -0.05) is 62.2 Å². The molecule has 0 saturated heterocycles. The van der Waals surface area contributed by atoms with Crippen molar-refractivity contribution in [2.75, 3.05) is 7.11 Å². The normalized spacial score (nSPS) is 11.1. The highest BCUT2D eigenvalue weighted by Crippen LogP contribution is 2.21. The Morgan fingerprint density at radius 3 is 1.97 bits per heavy atom. The molecule has 4 nitrogen and oxygen atoms in total. The van der Waals surface area contributed by atoms with Crippen LogP contribution < -0.4 is 4.74 Å². The molecule has 0 aromatic heterocycles. The van der Waals surface area contributed by atoms with Gasteiger partial charge in [-0.2, -0.15) is 0 Å². The summed E-state index contributed by atoms with van der Waals surface area (Å²) >= 11 is 0.